The summed E-state index contributed by atoms with van der Waals surface area (Å²) < 4.78 is 11.0. The fraction of sp³-hybridized carbons (Fsp3) is 0.600. The number of nitrogens with one attached hydrogen (secondary N) is 1. The van der Waals surface area contributed by atoms with Crippen molar-refractivity contribution in [3.05, 3.63) is 29.3 Å². The minimum Gasteiger partial charge on any atom is -0.488 e. The molecule has 1 aromatic rings. The molecule has 1 aliphatic carbocycles. The number of carbonyl (C=O) groups is 2. The van der Waals surface area contributed by atoms with Gasteiger partial charge >= 0.3 is 5.97 Å². The van der Waals surface area contributed by atoms with E-state index in [1.165, 1.54) is 0 Å². The highest BCUT2D eigenvalue weighted by molar-refractivity contribution is 6.32. The molecular formula is C20H28ClNO4. The quantitative estimate of drug-likeness (QED) is 0.569. The van der Waals surface area contributed by atoms with Crippen LogP contribution in [-0.2, 0) is 14.3 Å². The predicted octanol–water partition coefficient (Wildman–Crippen LogP) is 4.13. The van der Waals surface area contributed by atoms with E-state index >= 15 is 0 Å². The molecule has 6 heteroatoms. The number of benzene rings is 1. The Bertz CT molecular complexity index is 633. The van der Waals surface area contributed by atoms with Crippen LogP contribution < -0.4 is 10.1 Å². The third-order valence-electron chi connectivity index (χ3n) is 4.42. The van der Waals surface area contributed by atoms with E-state index in [0.717, 1.165) is 12.8 Å². The first-order chi connectivity index (χ1) is 12.2. The van der Waals surface area contributed by atoms with Crippen LogP contribution in [0.4, 0.5) is 0 Å². The highest BCUT2D eigenvalue weighted by Crippen LogP contribution is 2.42. The molecule has 0 bridgehead atoms. The maximum absolute atomic E-state index is 12.7. The fourth-order valence-corrected chi connectivity index (χ4v) is 3.47. The molecule has 0 heterocycles. The van der Waals surface area contributed by atoms with Gasteiger partial charge in [-0.25, -0.2) is 0 Å². The molecule has 0 spiro atoms. The van der Waals surface area contributed by atoms with Gasteiger partial charge in [-0.3, -0.25) is 9.59 Å². The van der Waals surface area contributed by atoms with E-state index in [2.05, 4.69) is 5.32 Å². The lowest BCUT2D eigenvalue weighted by Crippen LogP contribution is -2.44. The van der Waals surface area contributed by atoms with Gasteiger partial charge in [-0.2, -0.15) is 0 Å². The lowest BCUT2D eigenvalue weighted by molar-refractivity contribution is -0.158. The van der Waals surface area contributed by atoms with Gasteiger partial charge in [0.05, 0.1) is 10.4 Å². The van der Waals surface area contributed by atoms with Crippen LogP contribution >= 0.6 is 11.6 Å². The van der Waals surface area contributed by atoms with E-state index in [0.29, 0.717) is 23.6 Å². The molecule has 0 unspecified atom stereocenters. The van der Waals surface area contributed by atoms with E-state index in [1.807, 2.05) is 32.9 Å². The first-order valence-corrected chi connectivity index (χ1v) is 9.45. The maximum atomic E-state index is 12.7. The molecule has 0 aromatic heterocycles. The smallest absolute Gasteiger partial charge is 0.312 e. The van der Waals surface area contributed by atoms with Crippen LogP contribution in [0.1, 0.15) is 52.9 Å². The summed E-state index contributed by atoms with van der Waals surface area (Å²) in [7, 11) is 0. The average Bonchev–Trinajstić information content (AvgIpc) is 3.00. The second kappa shape index (κ2) is 8.76. The van der Waals surface area contributed by atoms with Crippen molar-refractivity contribution in [2.45, 2.75) is 58.4 Å². The Morgan fingerprint density at radius 1 is 1.15 bits per heavy atom. The SMILES string of the molecule is CC(C)(C)NC(=O)CC1(C(=O)OCCOc2ccccc2Cl)CCCC1. The molecule has 26 heavy (non-hydrogen) atoms. The largest absolute Gasteiger partial charge is 0.488 e. The molecule has 1 N–H and O–H groups in total. The lowest BCUT2D eigenvalue weighted by atomic mass is 9.82. The Morgan fingerprint density at radius 3 is 2.42 bits per heavy atom. The third-order valence-corrected chi connectivity index (χ3v) is 4.73. The Kier molecular flexibility index (Phi) is 6.93. The number of halogens is 1. The molecule has 1 fully saturated rings. The standard InChI is InChI=1S/C20H28ClNO4/c1-19(2,3)22-17(23)14-20(10-6-7-11-20)18(24)26-13-12-25-16-9-5-4-8-15(16)21/h4-5,8-9H,6-7,10-14H2,1-3H3,(H,22,23). The molecule has 5 nitrogen and oxygen atoms in total. The topological polar surface area (TPSA) is 64.6 Å². The normalized spacial score (nSPS) is 16.2. The minimum absolute atomic E-state index is 0.108. The van der Waals surface area contributed by atoms with Gasteiger partial charge in [0.1, 0.15) is 19.0 Å². The van der Waals surface area contributed by atoms with Crippen LogP contribution in [0, 0.1) is 5.41 Å². The van der Waals surface area contributed by atoms with Gasteiger partial charge in [0.2, 0.25) is 5.91 Å². The Hall–Kier alpha value is -1.75. The summed E-state index contributed by atoms with van der Waals surface area (Å²) in [6.07, 6.45) is 3.43. The molecule has 2 rings (SSSR count). The van der Waals surface area contributed by atoms with Crippen molar-refractivity contribution in [2.24, 2.45) is 5.41 Å². The van der Waals surface area contributed by atoms with E-state index in [1.54, 1.807) is 12.1 Å². The van der Waals surface area contributed by atoms with E-state index in [-0.39, 0.29) is 37.0 Å². The molecule has 1 amide bonds. The van der Waals surface area contributed by atoms with E-state index in [9.17, 15) is 9.59 Å². The van der Waals surface area contributed by atoms with Crippen LogP contribution in [0.5, 0.6) is 5.75 Å². The van der Waals surface area contributed by atoms with E-state index in [4.69, 9.17) is 21.1 Å². The molecule has 144 valence electrons. The van der Waals surface area contributed by atoms with Crippen molar-refractivity contribution in [3.8, 4) is 5.75 Å². The summed E-state index contributed by atoms with van der Waals surface area (Å²) in [5.74, 6) is 0.149. The van der Waals surface area contributed by atoms with Crippen LogP contribution in [0.15, 0.2) is 24.3 Å². The Balaban J connectivity index is 1.86. The van der Waals surface area contributed by atoms with Gasteiger partial charge in [0, 0.05) is 12.0 Å². The summed E-state index contributed by atoms with van der Waals surface area (Å²) >= 11 is 6.02. The summed E-state index contributed by atoms with van der Waals surface area (Å²) in [6.45, 7) is 6.14. The number of carbonyl (C=O) groups excluding carboxylic acids is 2. The monoisotopic (exact) mass is 381 g/mol. The molecule has 0 saturated heterocycles. The van der Waals surface area contributed by atoms with Crippen molar-refractivity contribution in [3.63, 3.8) is 0 Å². The number of para-hydroxylation sites is 1. The van der Waals surface area contributed by atoms with Crippen molar-refractivity contribution < 1.29 is 19.1 Å². The van der Waals surface area contributed by atoms with Gasteiger partial charge in [-0.05, 0) is 45.7 Å². The van der Waals surface area contributed by atoms with Crippen molar-refractivity contribution in [1.82, 2.24) is 5.32 Å². The fourth-order valence-electron chi connectivity index (χ4n) is 3.28. The van der Waals surface area contributed by atoms with Crippen LogP contribution in [0.25, 0.3) is 0 Å². The number of hydrogen-bond donors (Lipinski definition) is 1. The maximum Gasteiger partial charge on any atom is 0.312 e. The third kappa shape index (κ3) is 5.90. The zero-order chi connectivity index (χ0) is 19.2. The molecule has 0 radical (unpaired) electrons. The Labute approximate surface area is 160 Å². The van der Waals surface area contributed by atoms with Crippen LogP contribution in [-0.4, -0.2) is 30.6 Å². The molecule has 1 saturated carbocycles. The lowest BCUT2D eigenvalue weighted by Gasteiger charge is -2.28. The van der Waals surface area contributed by atoms with Gasteiger partial charge in [-0.15, -0.1) is 0 Å². The van der Waals surface area contributed by atoms with Crippen LogP contribution in [0.2, 0.25) is 5.02 Å². The number of ether oxygens (including phenoxy) is 2. The van der Waals surface area contributed by atoms with E-state index < -0.39 is 5.41 Å². The van der Waals surface area contributed by atoms with Gasteiger partial charge in [0.15, 0.2) is 0 Å². The second-order valence-electron chi connectivity index (χ2n) is 7.88. The summed E-state index contributed by atoms with van der Waals surface area (Å²) in [5, 5.41) is 3.45. The molecule has 0 aliphatic heterocycles. The van der Waals surface area contributed by atoms with Gasteiger partial charge in [-0.1, -0.05) is 36.6 Å². The first kappa shape index (κ1) is 20.6. The predicted molar refractivity (Wildman–Crippen MR) is 101 cm³/mol. The summed E-state index contributed by atoms with van der Waals surface area (Å²) in [5.41, 5.74) is -1.02. The average molecular weight is 382 g/mol. The second-order valence-corrected chi connectivity index (χ2v) is 8.28. The van der Waals surface area contributed by atoms with Crippen molar-refractivity contribution >= 4 is 23.5 Å². The highest BCUT2D eigenvalue weighted by atomic mass is 35.5. The zero-order valence-electron chi connectivity index (χ0n) is 15.8. The van der Waals surface area contributed by atoms with Crippen molar-refractivity contribution in [1.29, 1.82) is 0 Å². The molecule has 1 aliphatic rings. The van der Waals surface area contributed by atoms with Crippen LogP contribution in [0.3, 0.4) is 0 Å². The first-order valence-electron chi connectivity index (χ1n) is 9.07. The van der Waals surface area contributed by atoms with Gasteiger partial charge < -0.3 is 14.8 Å². The molecule has 0 atom stereocenters. The minimum atomic E-state index is -0.709. The summed E-state index contributed by atoms with van der Waals surface area (Å²) in [4.78, 5) is 25.0. The highest BCUT2D eigenvalue weighted by Gasteiger charge is 2.44. The number of rotatable bonds is 7. The Morgan fingerprint density at radius 2 is 1.81 bits per heavy atom. The number of amides is 1. The summed E-state index contributed by atoms with van der Waals surface area (Å²) in [6, 6.07) is 7.15. The number of esters is 1. The molecule has 1 aromatic carbocycles. The number of hydrogen-bond acceptors (Lipinski definition) is 4. The zero-order valence-corrected chi connectivity index (χ0v) is 16.5. The van der Waals surface area contributed by atoms with Gasteiger partial charge in [0.25, 0.3) is 0 Å². The molecular weight excluding hydrogens is 354 g/mol. The van der Waals surface area contributed by atoms with Crippen molar-refractivity contribution in [2.75, 3.05) is 13.2 Å².